The van der Waals surface area contributed by atoms with Gasteiger partial charge in [0.25, 0.3) is 0 Å². The van der Waals surface area contributed by atoms with Crippen molar-refractivity contribution in [1.82, 2.24) is 0 Å². The summed E-state index contributed by atoms with van der Waals surface area (Å²) < 4.78 is 10.9. The Morgan fingerprint density at radius 3 is 2.20 bits per heavy atom. The highest BCUT2D eigenvalue weighted by Crippen LogP contribution is 2.27. The fourth-order valence-corrected chi connectivity index (χ4v) is 2.93. The van der Waals surface area contributed by atoms with Crippen LogP contribution in [-0.2, 0) is 14.3 Å². The molecule has 0 fully saturated rings. The van der Waals surface area contributed by atoms with Gasteiger partial charge in [0.1, 0.15) is 19.0 Å². The number of aromatic hydroxyl groups is 1. The van der Waals surface area contributed by atoms with E-state index >= 15 is 0 Å². The Hall–Kier alpha value is -0.840. The van der Waals surface area contributed by atoms with Crippen molar-refractivity contribution in [2.45, 2.75) is 6.92 Å². The van der Waals surface area contributed by atoms with E-state index in [1.54, 1.807) is 0 Å². The highest BCUT2D eigenvalue weighted by molar-refractivity contribution is 14.1. The summed E-state index contributed by atoms with van der Waals surface area (Å²) in [6.45, 7) is 4.91. The van der Waals surface area contributed by atoms with E-state index in [4.69, 9.17) is 9.47 Å². The number of ether oxygens (including phenoxy) is 2. The smallest absolute Gasteiger partial charge is 0.338 e. The van der Waals surface area contributed by atoms with Crippen molar-refractivity contribution in [3.63, 3.8) is 0 Å². The lowest BCUT2D eigenvalue weighted by Crippen LogP contribution is -2.14. The lowest BCUT2D eigenvalue weighted by Gasteiger charge is -2.08. The molecule has 1 N–H and O–H groups in total. The van der Waals surface area contributed by atoms with Gasteiger partial charge < -0.3 is 14.6 Å². The molecule has 0 atom stereocenters. The summed E-state index contributed by atoms with van der Waals surface area (Å²) >= 11 is 3.86. The molecule has 0 bridgehead atoms. The van der Waals surface area contributed by atoms with Gasteiger partial charge in [-0.25, -0.2) is 9.59 Å². The number of benzene rings is 1. The summed E-state index contributed by atoms with van der Waals surface area (Å²) in [5.74, 6) is -0.917. The van der Waals surface area contributed by atoms with Crippen molar-refractivity contribution in [1.29, 1.82) is 0 Å². The first-order valence-corrected chi connectivity index (χ1v) is 7.66. The van der Waals surface area contributed by atoms with Crippen LogP contribution in [0.3, 0.4) is 0 Å². The van der Waals surface area contributed by atoms with Gasteiger partial charge in [0.2, 0.25) is 0 Å². The average Bonchev–Trinajstić information content (AvgIpc) is 2.39. The number of hydrogen-bond donors (Lipinski definition) is 1. The maximum Gasteiger partial charge on any atom is 0.338 e. The minimum absolute atomic E-state index is 0.0241. The second kappa shape index (κ2) is 7.81. The van der Waals surface area contributed by atoms with Gasteiger partial charge in [-0.1, -0.05) is 6.58 Å². The lowest BCUT2D eigenvalue weighted by atomic mass is 10.2. The van der Waals surface area contributed by atoms with Gasteiger partial charge in [-0.3, -0.25) is 0 Å². The molecule has 0 heterocycles. The van der Waals surface area contributed by atoms with E-state index < -0.39 is 11.9 Å². The minimum Gasteiger partial charge on any atom is -0.506 e. The third kappa shape index (κ3) is 4.93. The zero-order chi connectivity index (χ0) is 15.3. The molecule has 0 amide bonds. The van der Waals surface area contributed by atoms with Crippen molar-refractivity contribution < 1.29 is 24.2 Å². The molecule has 0 aliphatic rings. The Morgan fingerprint density at radius 1 is 1.20 bits per heavy atom. The fraction of sp³-hybridized carbons (Fsp3) is 0.231. The average molecular weight is 502 g/mol. The molecule has 0 aliphatic heterocycles. The van der Waals surface area contributed by atoms with Crippen molar-refractivity contribution >= 4 is 57.1 Å². The summed E-state index contributed by atoms with van der Waals surface area (Å²) in [6.07, 6.45) is 0. The maximum absolute atomic E-state index is 11.8. The second-order valence-electron chi connectivity index (χ2n) is 3.84. The summed E-state index contributed by atoms with van der Waals surface area (Å²) in [5.41, 5.74) is 0.627. The zero-order valence-corrected chi connectivity index (χ0v) is 14.9. The van der Waals surface area contributed by atoms with Gasteiger partial charge >= 0.3 is 11.9 Å². The van der Waals surface area contributed by atoms with Crippen LogP contribution < -0.4 is 0 Å². The number of carbonyl (C=O) groups is 2. The number of halogens is 2. The number of esters is 2. The van der Waals surface area contributed by atoms with Crippen LogP contribution in [0.4, 0.5) is 0 Å². The highest BCUT2D eigenvalue weighted by atomic mass is 127. The van der Waals surface area contributed by atoms with Gasteiger partial charge in [0, 0.05) is 5.57 Å². The number of phenols is 1. The van der Waals surface area contributed by atoms with Gasteiger partial charge in [-0.05, 0) is 64.2 Å². The number of carbonyl (C=O) groups excluding carboxylic acids is 2. The molecule has 7 heteroatoms. The Labute approximate surface area is 143 Å². The molecule has 1 aromatic carbocycles. The monoisotopic (exact) mass is 502 g/mol. The van der Waals surface area contributed by atoms with E-state index in [-0.39, 0.29) is 19.0 Å². The molecule has 1 aromatic rings. The summed E-state index contributed by atoms with van der Waals surface area (Å²) in [5, 5.41) is 9.61. The molecule has 0 aliphatic carbocycles. The quantitative estimate of drug-likeness (QED) is 0.291. The molecule has 0 saturated heterocycles. The van der Waals surface area contributed by atoms with Gasteiger partial charge in [-0.15, -0.1) is 0 Å². The summed E-state index contributed by atoms with van der Waals surface area (Å²) in [4.78, 5) is 22.9. The van der Waals surface area contributed by atoms with Crippen LogP contribution in [0.25, 0.3) is 0 Å². The number of hydrogen-bond acceptors (Lipinski definition) is 5. The normalized spacial score (nSPS) is 9.95. The van der Waals surface area contributed by atoms with Crippen LogP contribution >= 0.6 is 45.2 Å². The van der Waals surface area contributed by atoms with E-state index in [0.29, 0.717) is 18.3 Å². The third-order valence-electron chi connectivity index (χ3n) is 2.15. The van der Waals surface area contributed by atoms with Gasteiger partial charge in [0.05, 0.1) is 12.7 Å². The Balaban J connectivity index is 2.52. The Bertz CT molecular complexity index is 531. The first-order chi connectivity index (χ1) is 9.32. The standard InChI is InChI=1S/C13H12I2O5/c1-7(2)12(17)19-3-4-20-13(18)8-5-9(14)11(16)10(15)6-8/h5-6,16H,1,3-4H2,2H3. The molecule has 20 heavy (non-hydrogen) atoms. The zero-order valence-electron chi connectivity index (χ0n) is 10.6. The molecule has 0 radical (unpaired) electrons. The number of rotatable bonds is 5. The van der Waals surface area contributed by atoms with Crippen molar-refractivity contribution in [2.75, 3.05) is 13.2 Å². The van der Waals surface area contributed by atoms with Crippen LogP contribution in [0.5, 0.6) is 5.75 Å². The van der Waals surface area contributed by atoms with Crippen LogP contribution in [0.2, 0.25) is 0 Å². The SMILES string of the molecule is C=C(C)C(=O)OCCOC(=O)c1cc(I)c(O)c(I)c1. The van der Waals surface area contributed by atoms with Gasteiger partial charge in [-0.2, -0.15) is 0 Å². The van der Waals surface area contributed by atoms with Gasteiger partial charge in [0.15, 0.2) is 0 Å². The Kier molecular flexibility index (Phi) is 6.72. The molecule has 0 unspecified atom stereocenters. The van der Waals surface area contributed by atoms with E-state index in [0.717, 1.165) is 0 Å². The molecular formula is C13H12I2O5. The predicted octanol–water partition coefficient (Wildman–Crippen LogP) is 2.88. The molecule has 0 spiro atoms. The topological polar surface area (TPSA) is 72.8 Å². The molecular weight excluding hydrogens is 490 g/mol. The second-order valence-corrected chi connectivity index (χ2v) is 6.17. The predicted molar refractivity (Wildman–Crippen MR) is 89.6 cm³/mol. The van der Waals surface area contributed by atoms with Crippen LogP contribution in [-0.4, -0.2) is 30.3 Å². The van der Waals surface area contributed by atoms with Crippen molar-refractivity contribution in [2.24, 2.45) is 0 Å². The van der Waals surface area contributed by atoms with Crippen molar-refractivity contribution in [3.05, 3.63) is 37.0 Å². The van der Waals surface area contributed by atoms with E-state index in [1.165, 1.54) is 19.1 Å². The van der Waals surface area contributed by atoms with E-state index in [2.05, 4.69) is 6.58 Å². The largest absolute Gasteiger partial charge is 0.506 e. The minimum atomic E-state index is -0.535. The van der Waals surface area contributed by atoms with Crippen LogP contribution in [0.1, 0.15) is 17.3 Å². The fourth-order valence-electron chi connectivity index (χ4n) is 1.16. The molecule has 0 aromatic heterocycles. The maximum atomic E-state index is 11.8. The Morgan fingerprint density at radius 2 is 1.70 bits per heavy atom. The molecule has 0 saturated carbocycles. The van der Waals surface area contributed by atoms with Crippen molar-refractivity contribution in [3.8, 4) is 5.75 Å². The number of phenolic OH excluding ortho intramolecular Hbond substituents is 1. The summed E-state index contributed by atoms with van der Waals surface area (Å²) in [6, 6.07) is 3.06. The first-order valence-electron chi connectivity index (χ1n) is 5.50. The molecule has 5 nitrogen and oxygen atoms in total. The highest BCUT2D eigenvalue weighted by Gasteiger charge is 2.13. The third-order valence-corrected chi connectivity index (χ3v) is 3.80. The summed E-state index contributed by atoms with van der Waals surface area (Å²) in [7, 11) is 0. The molecule has 1 rings (SSSR count). The lowest BCUT2D eigenvalue weighted by molar-refractivity contribution is -0.140. The van der Waals surface area contributed by atoms with E-state index in [9.17, 15) is 14.7 Å². The first kappa shape index (κ1) is 17.2. The van der Waals surface area contributed by atoms with Crippen LogP contribution in [0.15, 0.2) is 24.3 Å². The van der Waals surface area contributed by atoms with E-state index in [1.807, 2.05) is 45.2 Å². The van der Waals surface area contributed by atoms with Crippen LogP contribution in [0, 0.1) is 7.14 Å². The molecule has 108 valence electrons.